The predicted octanol–water partition coefficient (Wildman–Crippen LogP) is 2.32. The van der Waals surface area contributed by atoms with Crippen molar-refractivity contribution in [3.63, 3.8) is 0 Å². The molecule has 0 spiro atoms. The Kier molecular flexibility index (Phi) is 4.34. The lowest BCUT2D eigenvalue weighted by atomic mass is 9.84. The molecule has 0 aromatic heterocycles. The monoisotopic (exact) mass is 292 g/mol. The molecule has 3 fully saturated rings. The van der Waals surface area contributed by atoms with Gasteiger partial charge in [0.05, 0.1) is 11.8 Å². The van der Waals surface area contributed by atoms with E-state index in [1.165, 1.54) is 24.2 Å². The van der Waals surface area contributed by atoms with Crippen LogP contribution in [0.15, 0.2) is 0 Å². The second-order valence-electron chi connectivity index (χ2n) is 7.31. The maximum absolute atomic E-state index is 12.5. The van der Waals surface area contributed by atoms with Gasteiger partial charge in [0.15, 0.2) is 0 Å². The molecule has 3 rings (SSSR count). The van der Waals surface area contributed by atoms with Crippen LogP contribution in [-0.2, 0) is 9.59 Å². The van der Waals surface area contributed by atoms with Crippen molar-refractivity contribution in [2.24, 2.45) is 29.4 Å². The Morgan fingerprint density at radius 2 is 1.67 bits per heavy atom. The lowest BCUT2D eigenvalue weighted by Gasteiger charge is -2.30. The molecule has 0 bridgehead atoms. The number of likely N-dealkylation sites (tertiary alicyclic amines) is 1. The van der Waals surface area contributed by atoms with Gasteiger partial charge in [-0.15, -0.1) is 0 Å². The maximum atomic E-state index is 12.5. The number of nitrogens with two attached hydrogens (primary N) is 1. The lowest BCUT2D eigenvalue weighted by molar-refractivity contribution is -0.141. The molecule has 1 aliphatic heterocycles. The van der Waals surface area contributed by atoms with Gasteiger partial charge in [-0.1, -0.05) is 32.6 Å². The number of fused-ring (bicyclic) bond motifs is 1. The van der Waals surface area contributed by atoms with Gasteiger partial charge in [-0.25, -0.2) is 0 Å². The van der Waals surface area contributed by atoms with Gasteiger partial charge in [-0.05, 0) is 37.5 Å². The Morgan fingerprint density at radius 1 is 1.10 bits per heavy atom. The van der Waals surface area contributed by atoms with Crippen LogP contribution >= 0.6 is 0 Å². The molecule has 21 heavy (non-hydrogen) atoms. The van der Waals surface area contributed by atoms with E-state index in [0.717, 1.165) is 32.1 Å². The molecule has 0 aromatic rings. The third-order valence-corrected chi connectivity index (χ3v) is 6.05. The average Bonchev–Trinajstić information content (AvgIpc) is 3.03. The zero-order valence-corrected chi connectivity index (χ0v) is 13.1. The van der Waals surface area contributed by atoms with Gasteiger partial charge in [0.1, 0.15) is 0 Å². The number of carbonyl (C=O) groups excluding carboxylic acids is 2. The van der Waals surface area contributed by atoms with E-state index in [4.69, 9.17) is 5.73 Å². The van der Waals surface area contributed by atoms with Gasteiger partial charge in [-0.3, -0.25) is 14.5 Å². The van der Waals surface area contributed by atoms with E-state index < -0.39 is 0 Å². The normalized spacial score (nSPS) is 35.3. The highest BCUT2D eigenvalue weighted by Crippen LogP contribution is 2.44. The fraction of sp³-hybridized carbons (Fsp3) is 0.882. The molecule has 2 saturated carbocycles. The Balaban J connectivity index is 1.62. The third-order valence-electron chi connectivity index (χ3n) is 6.05. The molecular weight excluding hydrogens is 264 g/mol. The number of amides is 2. The van der Waals surface area contributed by atoms with Crippen LogP contribution in [0.5, 0.6) is 0 Å². The number of hydrogen-bond acceptors (Lipinski definition) is 3. The van der Waals surface area contributed by atoms with Gasteiger partial charge in [-0.2, -0.15) is 0 Å². The van der Waals surface area contributed by atoms with Crippen molar-refractivity contribution in [1.82, 2.24) is 4.90 Å². The summed E-state index contributed by atoms with van der Waals surface area (Å²) in [4.78, 5) is 26.6. The summed E-state index contributed by atoms with van der Waals surface area (Å²) in [5, 5.41) is 0. The number of imide groups is 1. The fourth-order valence-electron chi connectivity index (χ4n) is 4.63. The Morgan fingerprint density at radius 3 is 2.19 bits per heavy atom. The maximum Gasteiger partial charge on any atom is 0.233 e. The van der Waals surface area contributed by atoms with Crippen LogP contribution in [0.2, 0.25) is 0 Å². The quantitative estimate of drug-likeness (QED) is 0.809. The zero-order chi connectivity index (χ0) is 15.0. The minimum absolute atomic E-state index is 0.0287. The van der Waals surface area contributed by atoms with Crippen LogP contribution < -0.4 is 5.73 Å². The molecule has 118 valence electrons. The highest BCUT2D eigenvalue weighted by Gasteiger charge is 2.52. The van der Waals surface area contributed by atoms with Gasteiger partial charge in [0.2, 0.25) is 11.8 Å². The minimum atomic E-state index is -0.0407. The standard InChI is InChI=1S/C17H28N2O2/c1-2-11-8-13-14(9-11)17(21)19(16(13)20)10-15(18)12-6-4-3-5-7-12/h11-15H,2-10,18H2,1H3. The number of hydrogen-bond donors (Lipinski definition) is 1. The van der Waals surface area contributed by atoms with E-state index in [-0.39, 0.29) is 29.7 Å². The molecule has 2 N–H and O–H groups in total. The molecule has 4 nitrogen and oxygen atoms in total. The number of rotatable bonds is 4. The van der Waals surface area contributed by atoms with Crippen LogP contribution in [0.25, 0.3) is 0 Å². The molecular formula is C17H28N2O2. The molecule has 3 aliphatic rings. The topological polar surface area (TPSA) is 63.4 Å². The average molecular weight is 292 g/mol. The summed E-state index contributed by atoms with van der Waals surface area (Å²) in [6, 6.07) is -0.0287. The van der Waals surface area contributed by atoms with E-state index in [1.54, 1.807) is 0 Å². The lowest BCUT2D eigenvalue weighted by Crippen LogP contribution is -2.46. The zero-order valence-electron chi connectivity index (χ0n) is 13.1. The molecule has 0 radical (unpaired) electrons. The van der Waals surface area contributed by atoms with E-state index in [2.05, 4.69) is 6.92 Å². The first-order valence-electron chi connectivity index (χ1n) is 8.72. The summed E-state index contributed by atoms with van der Waals surface area (Å²) in [5.74, 6) is 1.09. The highest BCUT2D eigenvalue weighted by atomic mass is 16.2. The first-order chi connectivity index (χ1) is 10.1. The van der Waals surface area contributed by atoms with E-state index in [9.17, 15) is 9.59 Å². The SMILES string of the molecule is CCC1CC2C(=O)N(CC(N)C3CCCCC3)C(=O)C2C1. The van der Waals surface area contributed by atoms with Crippen molar-refractivity contribution in [3.05, 3.63) is 0 Å². The van der Waals surface area contributed by atoms with Crippen LogP contribution in [0.4, 0.5) is 0 Å². The van der Waals surface area contributed by atoms with Crippen LogP contribution in [-0.4, -0.2) is 29.3 Å². The second kappa shape index (κ2) is 6.07. The van der Waals surface area contributed by atoms with Crippen molar-refractivity contribution in [2.45, 2.75) is 64.3 Å². The number of nitrogens with zero attached hydrogens (tertiary/aromatic N) is 1. The summed E-state index contributed by atoms with van der Waals surface area (Å²) >= 11 is 0. The summed E-state index contributed by atoms with van der Waals surface area (Å²) in [6.45, 7) is 2.60. The van der Waals surface area contributed by atoms with Gasteiger partial charge >= 0.3 is 0 Å². The molecule has 0 aromatic carbocycles. The largest absolute Gasteiger partial charge is 0.326 e. The van der Waals surface area contributed by atoms with E-state index in [1.807, 2.05) is 0 Å². The van der Waals surface area contributed by atoms with Gasteiger partial charge in [0.25, 0.3) is 0 Å². The van der Waals surface area contributed by atoms with E-state index in [0.29, 0.717) is 18.4 Å². The smallest absolute Gasteiger partial charge is 0.233 e. The highest BCUT2D eigenvalue weighted by molar-refractivity contribution is 6.05. The molecule has 1 saturated heterocycles. The van der Waals surface area contributed by atoms with Crippen molar-refractivity contribution < 1.29 is 9.59 Å². The van der Waals surface area contributed by atoms with Crippen molar-refractivity contribution >= 4 is 11.8 Å². The Hall–Kier alpha value is -0.900. The summed E-state index contributed by atoms with van der Waals surface area (Å²) in [6.07, 6.45) is 8.97. The first-order valence-corrected chi connectivity index (χ1v) is 8.72. The molecule has 2 aliphatic carbocycles. The Bertz CT molecular complexity index is 393. The summed E-state index contributed by atoms with van der Waals surface area (Å²) < 4.78 is 0. The predicted molar refractivity (Wildman–Crippen MR) is 81.3 cm³/mol. The molecule has 3 atom stereocenters. The van der Waals surface area contributed by atoms with Crippen LogP contribution in [0.3, 0.4) is 0 Å². The van der Waals surface area contributed by atoms with Gasteiger partial charge in [0, 0.05) is 12.6 Å². The third kappa shape index (κ3) is 2.75. The molecule has 3 unspecified atom stereocenters. The van der Waals surface area contributed by atoms with Crippen molar-refractivity contribution in [2.75, 3.05) is 6.54 Å². The van der Waals surface area contributed by atoms with Crippen LogP contribution in [0.1, 0.15) is 58.3 Å². The van der Waals surface area contributed by atoms with Crippen molar-refractivity contribution in [1.29, 1.82) is 0 Å². The second-order valence-corrected chi connectivity index (χ2v) is 7.31. The molecule has 2 amide bonds. The fourth-order valence-corrected chi connectivity index (χ4v) is 4.63. The van der Waals surface area contributed by atoms with Crippen LogP contribution in [0, 0.1) is 23.7 Å². The molecule has 1 heterocycles. The summed E-state index contributed by atoms with van der Waals surface area (Å²) in [5.41, 5.74) is 6.31. The summed E-state index contributed by atoms with van der Waals surface area (Å²) in [7, 11) is 0. The first kappa shape index (κ1) is 15.0. The number of carbonyl (C=O) groups is 2. The Labute approximate surface area is 127 Å². The van der Waals surface area contributed by atoms with E-state index >= 15 is 0 Å². The van der Waals surface area contributed by atoms with Gasteiger partial charge < -0.3 is 5.73 Å². The van der Waals surface area contributed by atoms with Crippen molar-refractivity contribution in [3.8, 4) is 0 Å². The molecule has 4 heteroatoms. The minimum Gasteiger partial charge on any atom is -0.326 e.